The number of aromatic nitrogens is 5. The van der Waals surface area contributed by atoms with Gasteiger partial charge in [-0.2, -0.15) is 5.10 Å². The molecule has 0 spiro atoms. The maximum Gasteiger partial charge on any atom is 0.214 e. The molecule has 4 N–H and O–H groups in total. The highest BCUT2D eigenvalue weighted by atomic mass is 35.5. The number of aryl methyl sites for hydroxylation is 1. The van der Waals surface area contributed by atoms with E-state index in [2.05, 4.69) is 20.1 Å². The molecule has 0 saturated heterocycles. The zero-order chi connectivity index (χ0) is 24.3. The number of ketones is 1. The topological polar surface area (TPSA) is 105 Å². The van der Waals surface area contributed by atoms with Crippen LogP contribution in [-0.2, 0) is 0 Å². The minimum absolute atomic E-state index is 0.0546. The summed E-state index contributed by atoms with van der Waals surface area (Å²) in [6.07, 6.45) is 1.47. The molecule has 0 fully saturated rings. The summed E-state index contributed by atoms with van der Waals surface area (Å²) in [6.45, 7) is 1.89. The summed E-state index contributed by atoms with van der Waals surface area (Å²) in [5.74, 6) is 0.308. The normalized spacial score (nSPS) is 11.5. The molecule has 0 bridgehead atoms. The van der Waals surface area contributed by atoms with Crippen molar-refractivity contribution in [2.75, 3.05) is 5.73 Å². The first-order valence-corrected chi connectivity index (χ1v) is 11.2. The van der Waals surface area contributed by atoms with E-state index in [-0.39, 0.29) is 16.6 Å². The van der Waals surface area contributed by atoms with Crippen molar-refractivity contribution >= 4 is 45.1 Å². The first-order valence-electron chi connectivity index (χ1n) is 10.8. The van der Waals surface area contributed by atoms with Gasteiger partial charge >= 0.3 is 0 Å². The summed E-state index contributed by atoms with van der Waals surface area (Å²) in [4.78, 5) is 24.1. The molecule has 7 nitrogen and oxygen atoms in total. The van der Waals surface area contributed by atoms with Crippen molar-refractivity contribution in [1.82, 2.24) is 24.7 Å². The van der Waals surface area contributed by atoms with Gasteiger partial charge in [-0.1, -0.05) is 29.8 Å². The molecule has 0 radical (unpaired) electrons. The van der Waals surface area contributed by atoms with E-state index < -0.39 is 5.82 Å². The second-order valence-corrected chi connectivity index (χ2v) is 8.73. The Bertz CT molecular complexity index is 1780. The fourth-order valence-corrected chi connectivity index (χ4v) is 4.42. The number of benzene rings is 3. The second kappa shape index (κ2) is 7.82. The summed E-state index contributed by atoms with van der Waals surface area (Å²) < 4.78 is 15.1. The molecule has 0 amide bonds. The third kappa shape index (κ3) is 3.55. The van der Waals surface area contributed by atoms with E-state index in [4.69, 9.17) is 17.3 Å². The SMILES string of the molecule is Cc1nc2cc(-n3ncc(C(=O)c4cc5ccc(-c6ccc(F)c(Cl)c6)cc5[nH]4)c3N)ccc2[nH]1. The summed E-state index contributed by atoms with van der Waals surface area (Å²) in [5, 5.41) is 5.26. The van der Waals surface area contributed by atoms with Gasteiger partial charge in [0.05, 0.1) is 39.2 Å². The van der Waals surface area contributed by atoms with Gasteiger partial charge in [-0.25, -0.2) is 14.1 Å². The molecular weight excluding hydrogens is 467 g/mol. The Morgan fingerprint density at radius 2 is 1.80 bits per heavy atom. The Hall–Kier alpha value is -4.43. The van der Waals surface area contributed by atoms with Gasteiger partial charge in [0, 0.05) is 10.9 Å². The van der Waals surface area contributed by atoms with Gasteiger partial charge in [0.2, 0.25) is 5.78 Å². The van der Waals surface area contributed by atoms with E-state index in [0.717, 1.165) is 38.9 Å². The Kier molecular flexibility index (Phi) is 4.72. The molecular formula is C26H18ClFN6O. The van der Waals surface area contributed by atoms with Crippen LogP contribution in [0.25, 0.3) is 38.8 Å². The number of hydrogen-bond acceptors (Lipinski definition) is 4. The highest BCUT2D eigenvalue weighted by molar-refractivity contribution is 6.31. The number of H-pyrrole nitrogens is 2. The highest BCUT2D eigenvalue weighted by Gasteiger charge is 2.20. The predicted octanol–water partition coefficient (Wildman–Crippen LogP) is 5.81. The molecule has 0 aliphatic heterocycles. The number of imidazole rings is 1. The first-order chi connectivity index (χ1) is 16.9. The van der Waals surface area contributed by atoms with Gasteiger partial charge in [0.1, 0.15) is 17.5 Å². The molecule has 0 atom stereocenters. The molecule has 0 unspecified atom stereocenters. The molecule has 0 saturated carbocycles. The van der Waals surface area contributed by atoms with Crippen LogP contribution in [0.4, 0.5) is 10.2 Å². The lowest BCUT2D eigenvalue weighted by Crippen LogP contribution is -2.07. The second-order valence-electron chi connectivity index (χ2n) is 8.32. The van der Waals surface area contributed by atoms with Gasteiger partial charge in [0.15, 0.2) is 0 Å². The number of anilines is 1. The minimum atomic E-state index is -0.471. The number of fused-ring (bicyclic) bond motifs is 2. The molecule has 3 aromatic heterocycles. The third-order valence-corrected chi connectivity index (χ3v) is 6.29. The van der Waals surface area contributed by atoms with Crippen LogP contribution >= 0.6 is 11.6 Å². The Labute approximate surface area is 203 Å². The standard InChI is InChI=1S/C26H18ClFN6O/c1-13-31-21-7-5-17(11-23(21)32-13)34-26(29)18(12-30-34)25(35)24-10-16-3-2-15(9-22(16)33-24)14-4-6-20(28)19(27)8-14/h2-12,33H,29H2,1H3,(H,31,32). The number of nitrogens with two attached hydrogens (primary N) is 1. The van der Waals surface area contributed by atoms with Crippen LogP contribution in [0.3, 0.4) is 0 Å². The Balaban J connectivity index is 1.34. The quantitative estimate of drug-likeness (QED) is 0.274. The van der Waals surface area contributed by atoms with Crippen LogP contribution in [0.15, 0.2) is 66.9 Å². The van der Waals surface area contributed by atoms with Crippen molar-refractivity contribution in [3.8, 4) is 16.8 Å². The van der Waals surface area contributed by atoms with E-state index in [1.165, 1.54) is 16.9 Å². The molecule has 3 heterocycles. The lowest BCUT2D eigenvalue weighted by atomic mass is 10.0. The molecule has 9 heteroatoms. The lowest BCUT2D eigenvalue weighted by Gasteiger charge is -2.05. The van der Waals surface area contributed by atoms with Crippen molar-refractivity contribution in [3.63, 3.8) is 0 Å². The predicted molar refractivity (Wildman–Crippen MR) is 135 cm³/mol. The minimum Gasteiger partial charge on any atom is -0.383 e. The number of halogens is 2. The highest BCUT2D eigenvalue weighted by Crippen LogP contribution is 2.29. The molecule has 6 rings (SSSR count). The van der Waals surface area contributed by atoms with Gasteiger partial charge in [0.25, 0.3) is 0 Å². The zero-order valence-corrected chi connectivity index (χ0v) is 19.2. The summed E-state index contributed by atoms with van der Waals surface area (Å²) in [5.41, 5.74) is 11.8. The average Bonchev–Trinajstić information content (AvgIpc) is 3.54. The fourth-order valence-electron chi connectivity index (χ4n) is 4.24. The fraction of sp³-hybridized carbons (Fsp3) is 0.0385. The van der Waals surface area contributed by atoms with Gasteiger partial charge in [-0.05, 0) is 60.5 Å². The van der Waals surface area contributed by atoms with Gasteiger partial charge in [-0.3, -0.25) is 4.79 Å². The number of nitrogens with one attached hydrogen (secondary N) is 2. The summed E-state index contributed by atoms with van der Waals surface area (Å²) in [7, 11) is 0. The van der Waals surface area contributed by atoms with Gasteiger partial charge < -0.3 is 15.7 Å². The Morgan fingerprint density at radius 1 is 1.00 bits per heavy atom. The number of nitrogens with zero attached hydrogens (tertiary/aromatic N) is 3. The molecule has 35 heavy (non-hydrogen) atoms. The average molecular weight is 485 g/mol. The smallest absolute Gasteiger partial charge is 0.214 e. The first kappa shape index (κ1) is 21.1. The summed E-state index contributed by atoms with van der Waals surface area (Å²) in [6, 6.07) is 17.6. The van der Waals surface area contributed by atoms with E-state index in [9.17, 15) is 9.18 Å². The lowest BCUT2D eigenvalue weighted by molar-refractivity contribution is 0.103. The molecule has 172 valence electrons. The van der Waals surface area contributed by atoms with Crippen LogP contribution in [0, 0.1) is 12.7 Å². The van der Waals surface area contributed by atoms with Crippen LogP contribution in [0.2, 0.25) is 5.02 Å². The van der Waals surface area contributed by atoms with E-state index in [1.54, 1.807) is 18.2 Å². The maximum atomic E-state index is 13.5. The number of aromatic amines is 2. The number of nitrogen functional groups attached to an aromatic ring is 1. The van der Waals surface area contributed by atoms with Crippen molar-refractivity contribution in [1.29, 1.82) is 0 Å². The maximum absolute atomic E-state index is 13.5. The molecule has 0 aliphatic carbocycles. The number of carbonyl (C=O) groups is 1. The van der Waals surface area contributed by atoms with Gasteiger partial charge in [-0.15, -0.1) is 0 Å². The van der Waals surface area contributed by atoms with E-state index in [1.807, 2.05) is 43.3 Å². The zero-order valence-electron chi connectivity index (χ0n) is 18.4. The van der Waals surface area contributed by atoms with Crippen molar-refractivity contribution in [3.05, 3.63) is 94.8 Å². The van der Waals surface area contributed by atoms with Crippen LogP contribution in [-0.4, -0.2) is 30.5 Å². The number of rotatable bonds is 4. The number of carbonyl (C=O) groups excluding carboxylic acids is 1. The molecule has 3 aromatic carbocycles. The van der Waals surface area contributed by atoms with E-state index in [0.29, 0.717) is 16.9 Å². The van der Waals surface area contributed by atoms with Crippen molar-refractivity contribution < 1.29 is 9.18 Å². The Morgan fingerprint density at radius 3 is 2.63 bits per heavy atom. The summed E-state index contributed by atoms with van der Waals surface area (Å²) >= 11 is 5.93. The van der Waals surface area contributed by atoms with Crippen molar-refractivity contribution in [2.24, 2.45) is 0 Å². The largest absolute Gasteiger partial charge is 0.383 e. The third-order valence-electron chi connectivity index (χ3n) is 6.00. The monoisotopic (exact) mass is 484 g/mol. The number of hydrogen-bond donors (Lipinski definition) is 3. The van der Waals surface area contributed by atoms with E-state index >= 15 is 0 Å². The van der Waals surface area contributed by atoms with Crippen LogP contribution in [0.5, 0.6) is 0 Å². The molecule has 0 aliphatic rings. The van der Waals surface area contributed by atoms with Crippen LogP contribution in [0.1, 0.15) is 21.9 Å². The van der Waals surface area contributed by atoms with Crippen molar-refractivity contribution in [2.45, 2.75) is 6.92 Å². The molecule has 6 aromatic rings. The van der Waals surface area contributed by atoms with Crippen LogP contribution < -0.4 is 5.73 Å².